The first kappa shape index (κ1) is 23.3. The highest BCUT2D eigenvalue weighted by atomic mass is 16.5. The minimum Gasteiger partial charge on any atom is -0.469 e. The van der Waals surface area contributed by atoms with Crippen LogP contribution < -0.4 is 5.32 Å². The van der Waals surface area contributed by atoms with Crippen molar-refractivity contribution in [2.75, 3.05) is 12.4 Å². The van der Waals surface area contributed by atoms with Crippen molar-refractivity contribution in [2.24, 2.45) is 5.92 Å². The Labute approximate surface area is 190 Å². The summed E-state index contributed by atoms with van der Waals surface area (Å²) in [7, 11) is 1.47. The first-order chi connectivity index (χ1) is 15.5. The monoisotopic (exact) mass is 429 g/mol. The molecular weight excluding hydrogens is 398 g/mol. The average molecular weight is 430 g/mol. The highest BCUT2D eigenvalue weighted by Gasteiger charge is 2.18. The van der Waals surface area contributed by atoms with Gasteiger partial charge in [-0.2, -0.15) is 0 Å². The summed E-state index contributed by atoms with van der Waals surface area (Å²) in [5.41, 5.74) is 5.43. The van der Waals surface area contributed by atoms with E-state index in [1.807, 2.05) is 42.5 Å². The number of benzene rings is 3. The third kappa shape index (κ3) is 7.09. The van der Waals surface area contributed by atoms with Crippen molar-refractivity contribution in [1.82, 2.24) is 0 Å². The van der Waals surface area contributed by atoms with Crippen LogP contribution in [0.4, 0.5) is 5.69 Å². The van der Waals surface area contributed by atoms with Crippen LogP contribution in [0.2, 0.25) is 0 Å². The van der Waals surface area contributed by atoms with E-state index in [-0.39, 0.29) is 17.8 Å². The van der Waals surface area contributed by atoms with Crippen molar-refractivity contribution >= 4 is 17.6 Å². The average Bonchev–Trinajstić information content (AvgIpc) is 2.81. The third-order valence-corrected chi connectivity index (χ3v) is 5.65. The Hall–Kier alpha value is -3.40. The molecule has 4 heteroatoms. The second kappa shape index (κ2) is 11.8. The minimum atomic E-state index is -0.121. The number of esters is 1. The predicted octanol–water partition coefficient (Wildman–Crippen LogP) is 6.06. The lowest BCUT2D eigenvalue weighted by atomic mass is 9.93. The molecule has 0 aliphatic rings. The molecule has 3 aromatic carbocycles. The molecule has 0 heterocycles. The molecule has 3 aromatic rings. The lowest BCUT2D eigenvalue weighted by Crippen LogP contribution is -2.17. The van der Waals surface area contributed by atoms with Gasteiger partial charge in [0.1, 0.15) is 0 Å². The molecule has 1 atom stereocenters. The quantitative estimate of drug-likeness (QED) is 0.399. The Morgan fingerprint density at radius 1 is 0.812 bits per heavy atom. The van der Waals surface area contributed by atoms with Gasteiger partial charge in [-0.15, -0.1) is 0 Å². The molecule has 1 amide bonds. The molecule has 166 valence electrons. The molecule has 4 nitrogen and oxygen atoms in total. The zero-order chi connectivity index (χ0) is 22.8. The zero-order valence-electron chi connectivity index (χ0n) is 18.8. The number of ether oxygens (including phenoxy) is 1. The van der Waals surface area contributed by atoms with Crippen LogP contribution in [0, 0.1) is 5.92 Å². The molecule has 3 rings (SSSR count). The molecule has 0 bridgehead atoms. The van der Waals surface area contributed by atoms with Crippen LogP contribution in [0.25, 0.3) is 11.1 Å². The van der Waals surface area contributed by atoms with E-state index in [2.05, 4.69) is 41.7 Å². The number of methoxy groups -OCH3 is 1. The standard InChI is InChI=1S/C28H31NO3/c1-21(30)29-27-13-7-12-26(20-27)24-17-14-23(15-18-24)16-19-25(28(31)32-2)11-6-10-22-8-4-3-5-9-22/h3-5,7-9,12-15,17-18,20,25H,6,10-11,16,19H2,1-2H3,(H,29,30). The van der Waals surface area contributed by atoms with Crippen LogP contribution in [0.5, 0.6) is 0 Å². The van der Waals surface area contributed by atoms with Crippen LogP contribution >= 0.6 is 0 Å². The number of hydrogen-bond donors (Lipinski definition) is 1. The van der Waals surface area contributed by atoms with Gasteiger partial charge in [0.2, 0.25) is 5.91 Å². The number of anilines is 1. The Bertz CT molecular complexity index is 1010. The van der Waals surface area contributed by atoms with Gasteiger partial charge in [0.05, 0.1) is 13.0 Å². The fourth-order valence-electron chi connectivity index (χ4n) is 3.93. The Balaban J connectivity index is 1.57. The molecule has 0 saturated carbocycles. The van der Waals surface area contributed by atoms with Crippen molar-refractivity contribution in [3.63, 3.8) is 0 Å². The topological polar surface area (TPSA) is 55.4 Å². The maximum atomic E-state index is 12.3. The molecule has 0 saturated heterocycles. The number of amides is 1. The fraction of sp³-hybridized carbons (Fsp3) is 0.286. The van der Waals surface area contributed by atoms with Gasteiger partial charge >= 0.3 is 5.97 Å². The van der Waals surface area contributed by atoms with E-state index in [1.54, 1.807) is 0 Å². The second-order valence-corrected chi connectivity index (χ2v) is 8.10. The predicted molar refractivity (Wildman–Crippen MR) is 129 cm³/mol. The number of carbonyl (C=O) groups is 2. The van der Waals surface area contributed by atoms with Gasteiger partial charge < -0.3 is 10.1 Å². The van der Waals surface area contributed by atoms with Crippen LogP contribution in [0.15, 0.2) is 78.9 Å². The summed E-state index contributed by atoms with van der Waals surface area (Å²) >= 11 is 0. The molecule has 32 heavy (non-hydrogen) atoms. The summed E-state index contributed by atoms with van der Waals surface area (Å²) in [6.07, 6.45) is 4.37. The summed E-state index contributed by atoms with van der Waals surface area (Å²) in [6, 6.07) is 26.6. The van der Waals surface area contributed by atoms with Crippen molar-refractivity contribution in [2.45, 2.75) is 39.0 Å². The SMILES string of the molecule is COC(=O)C(CCCc1ccccc1)CCc1ccc(-c2cccc(NC(C)=O)c2)cc1. The van der Waals surface area contributed by atoms with Gasteiger partial charge in [0, 0.05) is 12.6 Å². The molecule has 0 fully saturated rings. The molecule has 0 aliphatic carbocycles. The van der Waals surface area contributed by atoms with E-state index in [9.17, 15) is 9.59 Å². The maximum absolute atomic E-state index is 12.3. The zero-order valence-corrected chi connectivity index (χ0v) is 18.8. The first-order valence-corrected chi connectivity index (χ1v) is 11.1. The van der Waals surface area contributed by atoms with Crippen molar-refractivity contribution in [3.8, 4) is 11.1 Å². The van der Waals surface area contributed by atoms with Gasteiger partial charge in [-0.1, -0.05) is 66.7 Å². The largest absolute Gasteiger partial charge is 0.469 e. The molecule has 0 aromatic heterocycles. The van der Waals surface area contributed by atoms with Crippen molar-refractivity contribution < 1.29 is 14.3 Å². The normalized spacial score (nSPS) is 11.6. The van der Waals surface area contributed by atoms with Gasteiger partial charge in [-0.3, -0.25) is 9.59 Å². The van der Waals surface area contributed by atoms with E-state index < -0.39 is 0 Å². The van der Waals surface area contributed by atoms with E-state index in [4.69, 9.17) is 4.74 Å². The molecule has 1 N–H and O–H groups in total. The maximum Gasteiger partial charge on any atom is 0.308 e. The third-order valence-electron chi connectivity index (χ3n) is 5.65. The van der Waals surface area contributed by atoms with Gasteiger partial charge in [0.15, 0.2) is 0 Å². The molecular formula is C28H31NO3. The lowest BCUT2D eigenvalue weighted by Gasteiger charge is -2.15. The smallest absolute Gasteiger partial charge is 0.308 e. The van der Waals surface area contributed by atoms with Gasteiger partial charge in [-0.05, 0) is 66.5 Å². The Kier molecular flexibility index (Phi) is 8.61. The van der Waals surface area contributed by atoms with Crippen LogP contribution in [-0.2, 0) is 27.2 Å². The lowest BCUT2D eigenvalue weighted by molar-refractivity contribution is -0.146. The number of nitrogens with one attached hydrogen (secondary N) is 1. The number of rotatable bonds is 10. The number of hydrogen-bond acceptors (Lipinski definition) is 3. The molecule has 0 spiro atoms. The summed E-state index contributed by atoms with van der Waals surface area (Å²) in [6.45, 7) is 1.50. The van der Waals surface area contributed by atoms with Crippen LogP contribution in [-0.4, -0.2) is 19.0 Å². The van der Waals surface area contributed by atoms with Crippen LogP contribution in [0.1, 0.15) is 37.3 Å². The van der Waals surface area contributed by atoms with Gasteiger partial charge in [-0.25, -0.2) is 0 Å². The number of aryl methyl sites for hydroxylation is 2. The molecule has 1 unspecified atom stereocenters. The van der Waals surface area contributed by atoms with Crippen LogP contribution in [0.3, 0.4) is 0 Å². The Morgan fingerprint density at radius 3 is 2.22 bits per heavy atom. The van der Waals surface area contributed by atoms with Gasteiger partial charge in [0.25, 0.3) is 0 Å². The Morgan fingerprint density at radius 2 is 1.53 bits per heavy atom. The molecule has 0 radical (unpaired) electrons. The number of carbonyl (C=O) groups excluding carboxylic acids is 2. The van der Waals surface area contributed by atoms with E-state index in [0.29, 0.717) is 0 Å². The minimum absolute atomic E-state index is 0.0820. The highest BCUT2D eigenvalue weighted by molar-refractivity contribution is 5.89. The van der Waals surface area contributed by atoms with Crippen molar-refractivity contribution in [1.29, 1.82) is 0 Å². The second-order valence-electron chi connectivity index (χ2n) is 8.10. The van der Waals surface area contributed by atoms with E-state index in [1.165, 1.54) is 25.2 Å². The van der Waals surface area contributed by atoms with E-state index in [0.717, 1.165) is 48.9 Å². The summed E-state index contributed by atoms with van der Waals surface area (Å²) in [5.74, 6) is -0.288. The molecule has 0 aliphatic heterocycles. The van der Waals surface area contributed by atoms with Crippen molar-refractivity contribution in [3.05, 3.63) is 90.0 Å². The summed E-state index contributed by atoms with van der Waals surface area (Å²) in [5, 5.41) is 2.82. The summed E-state index contributed by atoms with van der Waals surface area (Å²) in [4.78, 5) is 23.6. The first-order valence-electron chi connectivity index (χ1n) is 11.1. The van der Waals surface area contributed by atoms with E-state index >= 15 is 0 Å². The highest BCUT2D eigenvalue weighted by Crippen LogP contribution is 2.24. The fourth-order valence-corrected chi connectivity index (χ4v) is 3.93. The summed E-state index contributed by atoms with van der Waals surface area (Å²) < 4.78 is 5.05.